The highest BCUT2D eigenvalue weighted by molar-refractivity contribution is 14.0. The van der Waals surface area contributed by atoms with Crippen LogP contribution in [0.25, 0.3) is 0 Å². The molecule has 1 heterocycles. The van der Waals surface area contributed by atoms with Gasteiger partial charge in [-0.05, 0) is 48.7 Å². The fourth-order valence-electron chi connectivity index (χ4n) is 2.25. The zero-order chi connectivity index (χ0) is 18.2. The van der Waals surface area contributed by atoms with Gasteiger partial charge in [0.25, 0.3) is 0 Å². The molecular weight excluding hydrogens is 444 g/mol. The highest BCUT2D eigenvalue weighted by Crippen LogP contribution is 2.11. The van der Waals surface area contributed by atoms with Crippen molar-refractivity contribution >= 4 is 35.8 Å². The maximum absolute atomic E-state index is 13.6. The average Bonchev–Trinajstić information content (AvgIpc) is 2.60. The molecule has 0 amide bonds. The number of hydrogen-bond acceptors (Lipinski definition) is 3. The Labute approximate surface area is 172 Å². The molecule has 0 aliphatic heterocycles. The molecule has 0 aliphatic carbocycles. The molecule has 1 aromatic heterocycles. The largest absolute Gasteiger partial charge is 0.363 e. The van der Waals surface area contributed by atoms with Gasteiger partial charge >= 0.3 is 0 Å². The van der Waals surface area contributed by atoms with E-state index in [2.05, 4.69) is 20.6 Å². The highest BCUT2D eigenvalue weighted by Gasteiger charge is 2.03. The number of aliphatic imine (C=N–C) groups is 1. The summed E-state index contributed by atoms with van der Waals surface area (Å²) in [6, 6.07) is 9.22. The topological polar surface area (TPSA) is 52.6 Å². The number of aromatic nitrogens is 1. The molecule has 0 radical (unpaired) electrons. The number of guanidine groups is 1. The first kappa shape index (κ1) is 22.1. The third-order valence-electron chi connectivity index (χ3n) is 3.73. The number of pyridine rings is 1. The van der Waals surface area contributed by atoms with E-state index in [0.29, 0.717) is 24.6 Å². The number of nitrogens with zero attached hydrogens (tertiary/aromatic N) is 3. The van der Waals surface area contributed by atoms with Gasteiger partial charge in [-0.1, -0.05) is 12.1 Å². The summed E-state index contributed by atoms with van der Waals surface area (Å²) in [7, 11) is 3.93. The van der Waals surface area contributed by atoms with Gasteiger partial charge in [0.15, 0.2) is 5.96 Å². The molecule has 2 aromatic rings. The van der Waals surface area contributed by atoms with Crippen LogP contribution in [0.4, 0.5) is 10.2 Å². The van der Waals surface area contributed by atoms with Crippen molar-refractivity contribution in [2.45, 2.75) is 26.9 Å². The maximum atomic E-state index is 13.6. The van der Waals surface area contributed by atoms with Crippen molar-refractivity contribution in [3.63, 3.8) is 0 Å². The van der Waals surface area contributed by atoms with Gasteiger partial charge in [0.2, 0.25) is 0 Å². The Hall–Kier alpha value is -1.90. The van der Waals surface area contributed by atoms with Gasteiger partial charge in [-0.3, -0.25) is 0 Å². The number of nitrogens with one attached hydrogen (secondary N) is 2. The summed E-state index contributed by atoms with van der Waals surface area (Å²) in [6.45, 7) is 5.58. The minimum Gasteiger partial charge on any atom is -0.363 e. The fraction of sp³-hybridized carbons (Fsp3) is 0.368. The van der Waals surface area contributed by atoms with Crippen LogP contribution in [0.15, 0.2) is 41.5 Å². The average molecular weight is 471 g/mol. The second-order valence-electron chi connectivity index (χ2n) is 6.05. The van der Waals surface area contributed by atoms with Crippen LogP contribution in [0.5, 0.6) is 0 Å². The normalized spacial score (nSPS) is 10.9. The van der Waals surface area contributed by atoms with Crippen molar-refractivity contribution in [1.29, 1.82) is 0 Å². The van der Waals surface area contributed by atoms with Crippen molar-refractivity contribution < 1.29 is 4.39 Å². The van der Waals surface area contributed by atoms with Crippen LogP contribution in [0, 0.1) is 12.7 Å². The SMILES string of the molecule is CCNC(=NCc1ccc(C)c(F)c1)NCc1ccnc(N(C)C)c1.I. The Kier molecular flexibility index (Phi) is 9.32. The zero-order valence-corrected chi connectivity index (χ0v) is 18.0. The molecule has 0 aliphatic rings. The second kappa shape index (κ2) is 10.9. The number of rotatable bonds is 6. The van der Waals surface area contributed by atoms with Crippen molar-refractivity contribution in [2.75, 3.05) is 25.5 Å². The van der Waals surface area contributed by atoms with Crippen LogP contribution in [0.2, 0.25) is 0 Å². The standard InChI is InChI=1S/C19H26FN5.HI/c1-5-21-19(23-12-15-7-6-14(2)17(20)10-15)24-13-16-8-9-22-18(11-16)25(3)4;/h6-11H,5,12-13H2,1-4H3,(H2,21,23,24);1H. The van der Waals surface area contributed by atoms with Crippen molar-refractivity contribution in [3.05, 3.63) is 59.0 Å². The molecule has 0 unspecified atom stereocenters. The van der Waals surface area contributed by atoms with E-state index in [-0.39, 0.29) is 29.8 Å². The van der Waals surface area contributed by atoms with Crippen molar-refractivity contribution in [1.82, 2.24) is 15.6 Å². The van der Waals surface area contributed by atoms with Crippen LogP contribution in [-0.4, -0.2) is 31.6 Å². The van der Waals surface area contributed by atoms with Gasteiger partial charge in [-0.15, -0.1) is 24.0 Å². The van der Waals surface area contributed by atoms with E-state index < -0.39 is 0 Å². The lowest BCUT2D eigenvalue weighted by Crippen LogP contribution is -2.36. The quantitative estimate of drug-likeness (QED) is 0.385. The van der Waals surface area contributed by atoms with Gasteiger partial charge in [0, 0.05) is 33.4 Å². The van der Waals surface area contributed by atoms with Gasteiger partial charge in [-0.25, -0.2) is 14.4 Å². The lowest BCUT2D eigenvalue weighted by molar-refractivity contribution is 0.616. The summed E-state index contributed by atoms with van der Waals surface area (Å²) in [5.74, 6) is 1.42. The highest BCUT2D eigenvalue weighted by atomic mass is 127. The summed E-state index contributed by atoms with van der Waals surface area (Å²) >= 11 is 0. The predicted molar refractivity (Wildman–Crippen MR) is 117 cm³/mol. The van der Waals surface area contributed by atoms with E-state index in [1.807, 2.05) is 44.1 Å². The molecule has 0 atom stereocenters. The van der Waals surface area contributed by atoms with E-state index >= 15 is 0 Å². The second-order valence-corrected chi connectivity index (χ2v) is 6.05. The van der Waals surface area contributed by atoms with Crippen molar-refractivity contribution in [2.24, 2.45) is 4.99 Å². The number of hydrogen-bond donors (Lipinski definition) is 2. The molecule has 142 valence electrons. The van der Waals surface area contributed by atoms with Gasteiger partial charge in [0.1, 0.15) is 11.6 Å². The van der Waals surface area contributed by atoms with E-state index in [4.69, 9.17) is 0 Å². The van der Waals surface area contributed by atoms with Gasteiger partial charge in [-0.2, -0.15) is 0 Å². The van der Waals surface area contributed by atoms with E-state index in [0.717, 1.165) is 23.5 Å². The molecule has 0 saturated heterocycles. The monoisotopic (exact) mass is 471 g/mol. The first-order valence-electron chi connectivity index (χ1n) is 8.39. The molecule has 2 rings (SSSR count). The molecule has 7 heteroatoms. The molecular formula is C19H27FIN5. The maximum Gasteiger partial charge on any atom is 0.191 e. The van der Waals surface area contributed by atoms with Crippen LogP contribution in [0.1, 0.15) is 23.6 Å². The number of benzene rings is 1. The molecule has 26 heavy (non-hydrogen) atoms. The van der Waals surface area contributed by atoms with Crippen LogP contribution in [-0.2, 0) is 13.1 Å². The van der Waals surface area contributed by atoms with Crippen molar-refractivity contribution in [3.8, 4) is 0 Å². The van der Waals surface area contributed by atoms with Crippen LogP contribution < -0.4 is 15.5 Å². The smallest absolute Gasteiger partial charge is 0.191 e. The first-order chi connectivity index (χ1) is 12.0. The van der Waals surface area contributed by atoms with E-state index in [1.165, 1.54) is 6.07 Å². The number of anilines is 1. The Morgan fingerprint density at radius 3 is 2.58 bits per heavy atom. The van der Waals surface area contributed by atoms with E-state index in [9.17, 15) is 4.39 Å². The molecule has 0 bridgehead atoms. The summed E-state index contributed by atoms with van der Waals surface area (Å²) < 4.78 is 13.6. The minimum atomic E-state index is -0.196. The number of aryl methyl sites for hydroxylation is 1. The summed E-state index contributed by atoms with van der Waals surface area (Å²) in [4.78, 5) is 10.8. The molecule has 5 nitrogen and oxygen atoms in total. The lowest BCUT2D eigenvalue weighted by atomic mass is 10.1. The number of halogens is 2. The zero-order valence-electron chi connectivity index (χ0n) is 15.7. The minimum absolute atomic E-state index is 0. The molecule has 2 N–H and O–H groups in total. The Morgan fingerprint density at radius 1 is 1.15 bits per heavy atom. The summed E-state index contributed by atoms with van der Waals surface area (Å²) in [5, 5.41) is 6.50. The Balaban J connectivity index is 0.00000338. The third kappa shape index (κ3) is 6.78. The molecule has 0 fully saturated rings. The van der Waals surface area contributed by atoms with Crippen LogP contribution >= 0.6 is 24.0 Å². The molecule has 1 aromatic carbocycles. The van der Waals surface area contributed by atoms with Gasteiger partial charge in [0.05, 0.1) is 6.54 Å². The molecule has 0 saturated carbocycles. The Morgan fingerprint density at radius 2 is 1.92 bits per heavy atom. The first-order valence-corrected chi connectivity index (χ1v) is 8.39. The fourth-order valence-corrected chi connectivity index (χ4v) is 2.25. The molecule has 0 spiro atoms. The summed E-state index contributed by atoms with van der Waals surface area (Å²) in [6.07, 6.45) is 1.80. The summed E-state index contributed by atoms with van der Waals surface area (Å²) in [5.41, 5.74) is 2.61. The lowest BCUT2D eigenvalue weighted by Gasteiger charge is -2.14. The Bertz CT molecular complexity index is 734. The third-order valence-corrected chi connectivity index (χ3v) is 3.73. The predicted octanol–water partition coefficient (Wildman–Crippen LogP) is 3.47. The van der Waals surface area contributed by atoms with E-state index in [1.54, 1.807) is 19.2 Å². The van der Waals surface area contributed by atoms with Gasteiger partial charge < -0.3 is 15.5 Å². The van der Waals surface area contributed by atoms with Crippen LogP contribution in [0.3, 0.4) is 0 Å².